The van der Waals surface area contributed by atoms with Gasteiger partial charge in [0.25, 0.3) is 0 Å². The molecule has 1 aromatic heterocycles. The molecule has 0 atom stereocenters. The van der Waals surface area contributed by atoms with Crippen molar-refractivity contribution in [2.24, 2.45) is 0 Å². The van der Waals surface area contributed by atoms with E-state index in [9.17, 15) is 4.79 Å². The topological polar surface area (TPSA) is 51.2 Å². The van der Waals surface area contributed by atoms with Crippen LogP contribution in [0.4, 0.5) is 5.69 Å². The van der Waals surface area contributed by atoms with Crippen LogP contribution in [-0.4, -0.2) is 18.0 Å². The third-order valence-corrected chi connectivity index (χ3v) is 3.50. The van der Waals surface area contributed by atoms with Crippen LogP contribution < -0.4 is 10.1 Å². The predicted molar refractivity (Wildman–Crippen MR) is 77.2 cm³/mol. The van der Waals surface area contributed by atoms with Gasteiger partial charge in [-0.1, -0.05) is 11.6 Å². The molecule has 0 aliphatic rings. The lowest BCUT2D eigenvalue weighted by molar-refractivity contribution is -0.115. The summed E-state index contributed by atoms with van der Waals surface area (Å²) in [4.78, 5) is 16.2. The molecule has 0 saturated heterocycles. The Balaban J connectivity index is 2.08. The summed E-state index contributed by atoms with van der Waals surface area (Å²) in [6.07, 6.45) is 0.236. The summed E-state index contributed by atoms with van der Waals surface area (Å²) in [6.45, 7) is 1.91. The van der Waals surface area contributed by atoms with Crippen LogP contribution in [0.5, 0.6) is 5.75 Å². The third kappa shape index (κ3) is 3.68. The monoisotopic (exact) mass is 296 g/mol. The number of amides is 1. The molecule has 6 heteroatoms. The number of benzene rings is 1. The minimum Gasteiger partial charge on any atom is -0.495 e. The highest BCUT2D eigenvalue weighted by molar-refractivity contribution is 7.09. The number of nitrogens with zero attached hydrogens (tertiary/aromatic N) is 1. The van der Waals surface area contributed by atoms with Crippen molar-refractivity contribution in [2.75, 3.05) is 12.4 Å². The summed E-state index contributed by atoms with van der Waals surface area (Å²) < 4.78 is 5.17. The zero-order chi connectivity index (χ0) is 13.8. The highest BCUT2D eigenvalue weighted by atomic mass is 35.5. The second-order valence-corrected chi connectivity index (χ2v) is 5.43. The third-order valence-electron chi connectivity index (χ3n) is 2.44. The van der Waals surface area contributed by atoms with Crippen molar-refractivity contribution in [1.82, 2.24) is 4.98 Å². The maximum Gasteiger partial charge on any atom is 0.230 e. The van der Waals surface area contributed by atoms with Crippen LogP contribution in [0.1, 0.15) is 10.7 Å². The molecule has 2 aromatic rings. The molecular formula is C13H13ClN2O2S. The predicted octanol–water partition coefficient (Wildman–Crippen LogP) is 3.29. The van der Waals surface area contributed by atoms with Crippen LogP contribution in [0.3, 0.4) is 0 Å². The summed E-state index contributed by atoms with van der Waals surface area (Å²) >= 11 is 7.43. The lowest BCUT2D eigenvalue weighted by Gasteiger charge is -2.09. The Morgan fingerprint density at radius 2 is 2.32 bits per heavy atom. The second-order valence-electron chi connectivity index (χ2n) is 3.93. The highest BCUT2D eigenvalue weighted by Crippen LogP contribution is 2.27. The fraction of sp³-hybridized carbons (Fsp3) is 0.231. The summed E-state index contributed by atoms with van der Waals surface area (Å²) in [5.41, 5.74) is 1.33. The smallest absolute Gasteiger partial charge is 0.230 e. The number of nitrogens with one attached hydrogen (secondary N) is 1. The molecular weight excluding hydrogens is 284 g/mol. The van der Waals surface area contributed by atoms with Gasteiger partial charge in [-0.2, -0.15) is 0 Å². The van der Waals surface area contributed by atoms with Gasteiger partial charge < -0.3 is 10.1 Å². The van der Waals surface area contributed by atoms with E-state index in [-0.39, 0.29) is 12.3 Å². The normalized spacial score (nSPS) is 10.3. The first-order valence-electron chi connectivity index (χ1n) is 5.63. The van der Waals surface area contributed by atoms with Gasteiger partial charge in [-0.25, -0.2) is 4.98 Å². The van der Waals surface area contributed by atoms with Gasteiger partial charge in [0.2, 0.25) is 5.91 Å². The van der Waals surface area contributed by atoms with Crippen LogP contribution in [0.25, 0.3) is 0 Å². The molecule has 0 spiro atoms. The molecule has 0 aliphatic carbocycles. The minimum absolute atomic E-state index is 0.147. The van der Waals surface area contributed by atoms with Crippen molar-refractivity contribution >= 4 is 34.5 Å². The number of hydrogen-bond donors (Lipinski definition) is 1. The molecule has 0 fully saturated rings. The van der Waals surface area contributed by atoms with Gasteiger partial charge in [-0.05, 0) is 25.1 Å². The minimum atomic E-state index is -0.147. The fourth-order valence-electron chi connectivity index (χ4n) is 1.63. The Kier molecular flexibility index (Phi) is 4.39. The molecule has 1 aromatic carbocycles. The largest absolute Gasteiger partial charge is 0.495 e. The lowest BCUT2D eigenvalue weighted by Crippen LogP contribution is -2.15. The number of ether oxygens (including phenoxy) is 1. The molecule has 0 aliphatic heterocycles. The molecule has 0 unspecified atom stereocenters. The molecule has 1 N–H and O–H groups in total. The summed E-state index contributed by atoms with van der Waals surface area (Å²) in [5.74, 6) is 0.429. The number of methoxy groups -OCH3 is 1. The average molecular weight is 297 g/mol. The van der Waals surface area contributed by atoms with E-state index < -0.39 is 0 Å². The summed E-state index contributed by atoms with van der Waals surface area (Å²) in [5, 5.41) is 6.14. The molecule has 100 valence electrons. The van der Waals surface area contributed by atoms with Crippen LogP contribution >= 0.6 is 22.9 Å². The second kappa shape index (κ2) is 6.04. The molecule has 19 heavy (non-hydrogen) atoms. The maximum atomic E-state index is 11.9. The zero-order valence-corrected chi connectivity index (χ0v) is 12.1. The number of aromatic nitrogens is 1. The summed E-state index contributed by atoms with van der Waals surface area (Å²) in [6, 6.07) is 5.08. The Morgan fingerprint density at radius 1 is 1.53 bits per heavy atom. The highest BCUT2D eigenvalue weighted by Gasteiger charge is 2.10. The molecule has 4 nitrogen and oxygen atoms in total. The van der Waals surface area contributed by atoms with Crippen molar-refractivity contribution < 1.29 is 9.53 Å². The van der Waals surface area contributed by atoms with E-state index in [0.717, 1.165) is 10.7 Å². The number of thiazole rings is 1. The molecule has 2 rings (SSSR count). The Hall–Kier alpha value is -1.59. The van der Waals surface area contributed by atoms with Crippen molar-refractivity contribution in [3.8, 4) is 5.75 Å². The first-order valence-corrected chi connectivity index (χ1v) is 6.88. The van der Waals surface area contributed by atoms with Crippen LogP contribution in [0, 0.1) is 6.92 Å². The van der Waals surface area contributed by atoms with Crippen LogP contribution in [-0.2, 0) is 11.2 Å². The van der Waals surface area contributed by atoms with E-state index in [0.29, 0.717) is 16.5 Å². The van der Waals surface area contributed by atoms with Gasteiger partial charge in [-0.15, -0.1) is 11.3 Å². The average Bonchev–Trinajstić information content (AvgIpc) is 2.75. The summed E-state index contributed by atoms with van der Waals surface area (Å²) in [7, 11) is 1.54. The van der Waals surface area contributed by atoms with E-state index in [1.807, 2.05) is 12.3 Å². The number of halogens is 1. The maximum absolute atomic E-state index is 11.9. The Labute approximate surface area is 120 Å². The van der Waals surface area contributed by atoms with Crippen LogP contribution in [0.15, 0.2) is 23.6 Å². The van der Waals surface area contributed by atoms with Crippen molar-refractivity contribution in [3.63, 3.8) is 0 Å². The Bertz CT molecular complexity index is 598. The van der Waals surface area contributed by atoms with Gasteiger partial charge in [0.05, 0.1) is 29.9 Å². The number of carbonyl (C=O) groups is 1. The lowest BCUT2D eigenvalue weighted by atomic mass is 10.2. The van der Waals surface area contributed by atoms with Gasteiger partial charge >= 0.3 is 0 Å². The van der Waals surface area contributed by atoms with Gasteiger partial charge in [0.1, 0.15) is 5.75 Å². The van der Waals surface area contributed by atoms with Gasteiger partial charge in [0.15, 0.2) is 0 Å². The van der Waals surface area contributed by atoms with Gasteiger partial charge in [0, 0.05) is 10.4 Å². The zero-order valence-electron chi connectivity index (χ0n) is 10.6. The number of aryl methyl sites for hydroxylation is 1. The van der Waals surface area contributed by atoms with E-state index in [1.54, 1.807) is 25.3 Å². The molecule has 0 bridgehead atoms. The SMILES string of the molecule is COc1ccc(Cl)cc1NC(=O)Cc1csc(C)n1. The molecule has 1 heterocycles. The van der Waals surface area contributed by atoms with E-state index in [4.69, 9.17) is 16.3 Å². The van der Waals surface area contributed by atoms with Crippen molar-refractivity contribution in [2.45, 2.75) is 13.3 Å². The number of anilines is 1. The first-order chi connectivity index (χ1) is 9.08. The van der Waals surface area contributed by atoms with E-state index in [1.165, 1.54) is 11.3 Å². The molecule has 0 saturated carbocycles. The quantitative estimate of drug-likeness (QED) is 0.942. The van der Waals surface area contributed by atoms with E-state index in [2.05, 4.69) is 10.3 Å². The Morgan fingerprint density at radius 3 is 2.95 bits per heavy atom. The fourth-order valence-corrected chi connectivity index (χ4v) is 2.41. The number of carbonyl (C=O) groups excluding carboxylic acids is 1. The standard InChI is InChI=1S/C13H13ClN2O2S/c1-8-15-10(7-19-8)6-13(17)16-11-5-9(14)3-4-12(11)18-2/h3-5,7H,6H2,1-2H3,(H,16,17). The first kappa shape index (κ1) is 13.8. The molecule has 0 radical (unpaired) electrons. The van der Waals surface area contributed by atoms with Crippen molar-refractivity contribution in [3.05, 3.63) is 39.3 Å². The van der Waals surface area contributed by atoms with Crippen molar-refractivity contribution in [1.29, 1.82) is 0 Å². The number of hydrogen-bond acceptors (Lipinski definition) is 4. The number of rotatable bonds is 4. The van der Waals surface area contributed by atoms with Gasteiger partial charge in [-0.3, -0.25) is 4.79 Å². The molecule has 1 amide bonds. The van der Waals surface area contributed by atoms with E-state index >= 15 is 0 Å². The van der Waals surface area contributed by atoms with Crippen LogP contribution in [0.2, 0.25) is 5.02 Å².